The van der Waals surface area contributed by atoms with E-state index < -0.39 is 6.29 Å². The third-order valence-corrected chi connectivity index (χ3v) is 3.86. The molecule has 0 spiro atoms. The number of hydrogen-bond donors (Lipinski definition) is 1. The van der Waals surface area contributed by atoms with Crippen molar-refractivity contribution in [2.24, 2.45) is 11.8 Å². The van der Waals surface area contributed by atoms with Gasteiger partial charge in [-0.05, 0) is 30.7 Å². The van der Waals surface area contributed by atoms with Crippen LogP contribution in [0.4, 0.5) is 0 Å². The highest BCUT2D eigenvalue weighted by Gasteiger charge is 2.34. The summed E-state index contributed by atoms with van der Waals surface area (Å²) < 4.78 is 11.0. The molecule has 1 aromatic carbocycles. The Kier molecular flexibility index (Phi) is 6.25. The molecule has 1 aromatic rings. The molecular weight excluding hydrogens is 252 g/mol. The Hall–Kier alpha value is -1.16. The normalized spacial score (nSPS) is 25.8. The van der Waals surface area contributed by atoms with Gasteiger partial charge in [-0.2, -0.15) is 0 Å². The van der Waals surface area contributed by atoms with E-state index in [0.717, 1.165) is 25.9 Å². The summed E-state index contributed by atoms with van der Waals surface area (Å²) in [5, 5.41) is 9.82. The first-order chi connectivity index (χ1) is 9.81. The molecule has 20 heavy (non-hydrogen) atoms. The first-order valence-corrected chi connectivity index (χ1v) is 7.33. The average molecular weight is 276 g/mol. The number of benzene rings is 1. The summed E-state index contributed by atoms with van der Waals surface area (Å²) in [5.74, 6) is 0.616. The summed E-state index contributed by atoms with van der Waals surface area (Å²) in [5.41, 5.74) is 1.20. The fraction of sp³-hybridized carbons (Fsp3) is 0.529. The van der Waals surface area contributed by atoms with Crippen LogP contribution in [0.2, 0.25) is 0 Å². The van der Waals surface area contributed by atoms with Gasteiger partial charge in [0.2, 0.25) is 0 Å². The van der Waals surface area contributed by atoms with Crippen LogP contribution in [0.15, 0.2) is 43.0 Å². The van der Waals surface area contributed by atoms with Gasteiger partial charge in [0.1, 0.15) is 0 Å². The van der Waals surface area contributed by atoms with Crippen LogP contribution >= 0.6 is 0 Å². The SMILES string of the molecule is C=CC[C@@H]1COC(O)[C@H]1CCCOCc1ccccc1. The van der Waals surface area contributed by atoms with Crippen molar-refractivity contribution in [3.63, 3.8) is 0 Å². The van der Waals surface area contributed by atoms with Crippen LogP contribution < -0.4 is 0 Å². The van der Waals surface area contributed by atoms with Gasteiger partial charge in [-0.15, -0.1) is 6.58 Å². The molecule has 1 saturated heterocycles. The molecule has 0 saturated carbocycles. The maximum Gasteiger partial charge on any atom is 0.157 e. The highest BCUT2D eigenvalue weighted by molar-refractivity contribution is 5.13. The second-order valence-electron chi connectivity index (χ2n) is 5.35. The van der Waals surface area contributed by atoms with E-state index in [1.54, 1.807) is 0 Å². The van der Waals surface area contributed by atoms with E-state index in [1.165, 1.54) is 5.56 Å². The second-order valence-corrected chi connectivity index (χ2v) is 5.35. The van der Waals surface area contributed by atoms with Crippen LogP contribution in [-0.2, 0) is 16.1 Å². The van der Waals surface area contributed by atoms with Crippen molar-refractivity contribution in [1.29, 1.82) is 0 Å². The first kappa shape index (κ1) is 15.2. The molecule has 1 unspecified atom stereocenters. The van der Waals surface area contributed by atoms with Gasteiger partial charge >= 0.3 is 0 Å². The van der Waals surface area contributed by atoms with Crippen LogP contribution in [0.5, 0.6) is 0 Å². The van der Waals surface area contributed by atoms with Crippen LogP contribution in [0.1, 0.15) is 24.8 Å². The lowest BCUT2D eigenvalue weighted by atomic mass is 9.88. The highest BCUT2D eigenvalue weighted by Crippen LogP contribution is 2.32. The third-order valence-electron chi connectivity index (χ3n) is 3.86. The number of rotatable bonds is 8. The summed E-state index contributed by atoms with van der Waals surface area (Å²) in [4.78, 5) is 0. The molecule has 0 aliphatic carbocycles. The topological polar surface area (TPSA) is 38.7 Å². The van der Waals surface area contributed by atoms with Gasteiger partial charge in [-0.1, -0.05) is 36.4 Å². The summed E-state index contributed by atoms with van der Waals surface area (Å²) >= 11 is 0. The Labute approximate surface area is 121 Å². The van der Waals surface area contributed by atoms with Gasteiger partial charge in [0, 0.05) is 12.5 Å². The van der Waals surface area contributed by atoms with E-state index in [1.807, 2.05) is 24.3 Å². The number of aliphatic hydroxyl groups is 1. The van der Waals surface area contributed by atoms with Crippen molar-refractivity contribution >= 4 is 0 Å². The molecular formula is C17H24O3. The Bertz CT molecular complexity index is 390. The van der Waals surface area contributed by atoms with E-state index >= 15 is 0 Å². The lowest BCUT2D eigenvalue weighted by molar-refractivity contribution is -0.0846. The molecule has 0 radical (unpaired) electrons. The lowest BCUT2D eigenvalue weighted by Crippen LogP contribution is -2.20. The molecule has 1 aliphatic rings. The van der Waals surface area contributed by atoms with Crippen LogP contribution in [0.3, 0.4) is 0 Å². The Morgan fingerprint density at radius 2 is 2.15 bits per heavy atom. The molecule has 3 nitrogen and oxygen atoms in total. The number of aliphatic hydroxyl groups excluding tert-OH is 1. The molecule has 0 aromatic heterocycles. The highest BCUT2D eigenvalue weighted by atomic mass is 16.6. The summed E-state index contributed by atoms with van der Waals surface area (Å²) in [6.07, 6.45) is 4.09. The van der Waals surface area contributed by atoms with Crippen LogP contribution in [-0.4, -0.2) is 24.6 Å². The summed E-state index contributed by atoms with van der Waals surface area (Å²) in [6.45, 7) is 5.78. The molecule has 0 amide bonds. The van der Waals surface area contributed by atoms with Crippen molar-refractivity contribution in [1.82, 2.24) is 0 Å². The van der Waals surface area contributed by atoms with Crippen molar-refractivity contribution < 1.29 is 14.6 Å². The van der Waals surface area contributed by atoms with E-state index in [4.69, 9.17) is 9.47 Å². The Balaban J connectivity index is 1.63. The minimum atomic E-state index is -0.617. The van der Waals surface area contributed by atoms with Crippen LogP contribution in [0.25, 0.3) is 0 Å². The fourth-order valence-electron chi connectivity index (χ4n) is 2.72. The maximum absolute atomic E-state index is 9.82. The second kappa shape index (κ2) is 8.20. The predicted octanol–water partition coefficient (Wildman–Crippen LogP) is 3.14. The average Bonchev–Trinajstić information content (AvgIpc) is 2.81. The molecule has 2 rings (SSSR count). The quantitative estimate of drug-likeness (QED) is 0.585. The van der Waals surface area contributed by atoms with Gasteiger partial charge in [-0.25, -0.2) is 0 Å². The van der Waals surface area contributed by atoms with Crippen molar-refractivity contribution in [3.05, 3.63) is 48.6 Å². The zero-order valence-corrected chi connectivity index (χ0v) is 11.9. The lowest BCUT2D eigenvalue weighted by Gasteiger charge is -2.18. The zero-order chi connectivity index (χ0) is 14.2. The maximum atomic E-state index is 9.82. The van der Waals surface area contributed by atoms with Gasteiger partial charge < -0.3 is 14.6 Å². The van der Waals surface area contributed by atoms with E-state index in [2.05, 4.69) is 18.7 Å². The van der Waals surface area contributed by atoms with Crippen molar-refractivity contribution in [2.75, 3.05) is 13.2 Å². The molecule has 1 N–H and O–H groups in total. The number of hydrogen-bond acceptors (Lipinski definition) is 3. The van der Waals surface area contributed by atoms with E-state index in [0.29, 0.717) is 19.1 Å². The van der Waals surface area contributed by atoms with Gasteiger partial charge in [-0.3, -0.25) is 0 Å². The smallest absolute Gasteiger partial charge is 0.157 e. The Morgan fingerprint density at radius 3 is 2.90 bits per heavy atom. The minimum Gasteiger partial charge on any atom is -0.377 e. The number of allylic oxidation sites excluding steroid dienone is 1. The van der Waals surface area contributed by atoms with Gasteiger partial charge in [0.15, 0.2) is 6.29 Å². The predicted molar refractivity (Wildman–Crippen MR) is 79.1 cm³/mol. The largest absolute Gasteiger partial charge is 0.377 e. The molecule has 1 aliphatic heterocycles. The molecule has 3 heteroatoms. The first-order valence-electron chi connectivity index (χ1n) is 7.33. The van der Waals surface area contributed by atoms with Crippen LogP contribution in [0, 0.1) is 11.8 Å². The molecule has 1 heterocycles. The summed E-state index contributed by atoms with van der Waals surface area (Å²) in [7, 11) is 0. The van der Waals surface area contributed by atoms with E-state index in [9.17, 15) is 5.11 Å². The van der Waals surface area contributed by atoms with Crippen molar-refractivity contribution in [2.45, 2.75) is 32.2 Å². The Morgan fingerprint density at radius 1 is 1.35 bits per heavy atom. The monoisotopic (exact) mass is 276 g/mol. The molecule has 3 atom stereocenters. The van der Waals surface area contributed by atoms with Gasteiger partial charge in [0.25, 0.3) is 0 Å². The van der Waals surface area contributed by atoms with E-state index in [-0.39, 0.29) is 5.92 Å². The van der Waals surface area contributed by atoms with Gasteiger partial charge in [0.05, 0.1) is 13.2 Å². The van der Waals surface area contributed by atoms with Crippen molar-refractivity contribution in [3.8, 4) is 0 Å². The molecule has 110 valence electrons. The molecule has 0 bridgehead atoms. The molecule has 1 fully saturated rings. The zero-order valence-electron chi connectivity index (χ0n) is 11.9. The standard InChI is InChI=1S/C17H24O3/c1-2-7-15-13-20-17(18)16(15)10-6-11-19-12-14-8-4-3-5-9-14/h2-5,8-9,15-18H,1,6-7,10-13H2/t15-,16+,17?/m1/s1. The number of ether oxygens (including phenoxy) is 2. The fourth-order valence-corrected chi connectivity index (χ4v) is 2.72. The third kappa shape index (κ3) is 4.44. The summed E-state index contributed by atoms with van der Waals surface area (Å²) in [6, 6.07) is 10.2. The minimum absolute atomic E-state index is 0.216.